The van der Waals surface area contributed by atoms with Crippen LogP contribution in [0.15, 0.2) is 96.0 Å². The zero-order valence-electron chi connectivity index (χ0n) is 24.9. The molecule has 9 heteroatoms. The monoisotopic (exact) mass is 599 g/mol. The molecule has 5 aromatic rings. The third-order valence-electron chi connectivity index (χ3n) is 7.53. The maximum Gasteiger partial charge on any atom is 0.243 e. The standard InChI is InChI=1S/C34H37N3O5S/c1-24(36-31-22-29(40-2)20-28-12-7-17-35-34(28)31)9-8-18-37(23-25-13-16-32(41-3)33(19-25)42-4)43(38,39)30-15-14-26-10-5-6-11-27(26)21-30/h5-7,10-17,19-22,24,36H,8-9,18,23H2,1-4H3. The van der Waals surface area contributed by atoms with Crippen LogP contribution in [0.2, 0.25) is 0 Å². The lowest BCUT2D eigenvalue weighted by atomic mass is 10.1. The van der Waals surface area contributed by atoms with Crippen LogP contribution in [0.25, 0.3) is 21.7 Å². The molecule has 43 heavy (non-hydrogen) atoms. The lowest BCUT2D eigenvalue weighted by Crippen LogP contribution is -2.32. The summed E-state index contributed by atoms with van der Waals surface area (Å²) in [5.41, 5.74) is 2.56. The van der Waals surface area contributed by atoms with E-state index in [1.807, 2.05) is 66.7 Å². The number of nitrogens with zero attached hydrogens (tertiary/aromatic N) is 2. The van der Waals surface area contributed by atoms with Gasteiger partial charge in [-0.1, -0.05) is 42.5 Å². The number of aromatic nitrogens is 1. The second-order valence-corrected chi connectivity index (χ2v) is 12.4. The Morgan fingerprint density at radius 2 is 1.58 bits per heavy atom. The number of methoxy groups -OCH3 is 3. The van der Waals surface area contributed by atoms with Crippen molar-refractivity contribution < 1.29 is 22.6 Å². The number of rotatable bonds is 13. The van der Waals surface area contributed by atoms with E-state index < -0.39 is 10.0 Å². The Hall–Kier alpha value is -4.34. The largest absolute Gasteiger partial charge is 0.497 e. The Morgan fingerprint density at radius 3 is 2.35 bits per heavy atom. The second-order valence-electron chi connectivity index (χ2n) is 10.5. The molecule has 0 aliphatic rings. The molecule has 0 spiro atoms. The van der Waals surface area contributed by atoms with Crippen molar-refractivity contribution in [3.05, 3.63) is 96.7 Å². The van der Waals surface area contributed by atoms with Crippen LogP contribution >= 0.6 is 0 Å². The van der Waals surface area contributed by atoms with Gasteiger partial charge in [0.2, 0.25) is 10.0 Å². The molecule has 1 heterocycles. The maximum absolute atomic E-state index is 14.1. The maximum atomic E-state index is 14.1. The van der Waals surface area contributed by atoms with E-state index in [9.17, 15) is 8.42 Å². The first-order valence-electron chi connectivity index (χ1n) is 14.2. The number of hydrogen-bond donors (Lipinski definition) is 1. The SMILES string of the molecule is COc1cc(NC(C)CCCN(Cc2ccc(OC)c(OC)c2)S(=O)(=O)c2ccc3ccccc3c2)c2ncccc2c1. The molecule has 0 bridgehead atoms. The van der Waals surface area contributed by atoms with Crippen molar-refractivity contribution in [1.82, 2.24) is 9.29 Å². The van der Waals surface area contributed by atoms with Gasteiger partial charge in [-0.05, 0) is 72.5 Å². The Balaban J connectivity index is 1.37. The molecule has 8 nitrogen and oxygen atoms in total. The van der Waals surface area contributed by atoms with Gasteiger partial charge in [-0.15, -0.1) is 0 Å². The fourth-order valence-electron chi connectivity index (χ4n) is 5.25. The molecule has 0 aliphatic heterocycles. The quantitative estimate of drug-likeness (QED) is 0.158. The topological polar surface area (TPSA) is 90.0 Å². The molecule has 5 rings (SSSR count). The smallest absolute Gasteiger partial charge is 0.243 e. The first kappa shape index (κ1) is 30.1. The Kier molecular flexibility index (Phi) is 9.33. The highest BCUT2D eigenvalue weighted by molar-refractivity contribution is 7.89. The van der Waals surface area contributed by atoms with E-state index in [-0.39, 0.29) is 17.5 Å². The van der Waals surface area contributed by atoms with E-state index in [4.69, 9.17) is 14.2 Å². The number of ether oxygens (including phenoxy) is 3. The van der Waals surface area contributed by atoms with Crippen LogP contribution in [0.5, 0.6) is 17.2 Å². The molecular formula is C34H37N3O5S. The van der Waals surface area contributed by atoms with Crippen LogP contribution < -0.4 is 19.5 Å². The predicted octanol–water partition coefficient (Wildman–Crippen LogP) is 6.89. The molecule has 1 unspecified atom stereocenters. The van der Waals surface area contributed by atoms with Crippen LogP contribution in [0.4, 0.5) is 5.69 Å². The molecular weight excluding hydrogens is 562 g/mol. The van der Waals surface area contributed by atoms with Crippen molar-refractivity contribution in [2.75, 3.05) is 33.2 Å². The third kappa shape index (κ3) is 6.84. The zero-order chi connectivity index (χ0) is 30.4. The van der Waals surface area contributed by atoms with Crippen molar-refractivity contribution >= 4 is 37.4 Å². The van der Waals surface area contributed by atoms with E-state index in [1.165, 1.54) is 0 Å². The summed E-state index contributed by atoms with van der Waals surface area (Å²) < 4.78 is 46.0. The summed E-state index contributed by atoms with van der Waals surface area (Å²) in [5, 5.41) is 6.42. The summed E-state index contributed by atoms with van der Waals surface area (Å²) in [4.78, 5) is 4.82. The van der Waals surface area contributed by atoms with Gasteiger partial charge in [0.15, 0.2) is 11.5 Å². The van der Waals surface area contributed by atoms with Crippen molar-refractivity contribution in [3.63, 3.8) is 0 Å². The van der Waals surface area contributed by atoms with Gasteiger partial charge >= 0.3 is 0 Å². The molecule has 1 aromatic heterocycles. The number of nitrogens with one attached hydrogen (secondary N) is 1. The van der Waals surface area contributed by atoms with Gasteiger partial charge in [0, 0.05) is 36.8 Å². The zero-order valence-corrected chi connectivity index (χ0v) is 25.7. The van der Waals surface area contributed by atoms with Crippen molar-refractivity contribution in [3.8, 4) is 17.2 Å². The molecule has 0 radical (unpaired) electrons. The Labute approximate surface area is 253 Å². The summed E-state index contributed by atoms with van der Waals surface area (Å²) >= 11 is 0. The highest BCUT2D eigenvalue weighted by atomic mass is 32.2. The lowest BCUT2D eigenvalue weighted by Gasteiger charge is -2.24. The molecule has 1 atom stereocenters. The number of hydrogen-bond acceptors (Lipinski definition) is 7. The van der Waals surface area contributed by atoms with E-state index in [0.29, 0.717) is 24.5 Å². The molecule has 0 aliphatic carbocycles. The van der Waals surface area contributed by atoms with Gasteiger partial charge in [-0.25, -0.2) is 8.42 Å². The normalized spacial score (nSPS) is 12.4. The minimum absolute atomic E-state index is 0.0589. The fourth-order valence-corrected chi connectivity index (χ4v) is 6.75. The highest BCUT2D eigenvalue weighted by Crippen LogP contribution is 2.31. The summed E-state index contributed by atoms with van der Waals surface area (Å²) in [6.45, 7) is 2.62. The van der Waals surface area contributed by atoms with Crippen molar-refractivity contribution in [2.45, 2.75) is 37.2 Å². The molecule has 0 saturated heterocycles. The molecule has 4 aromatic carbocycles. The van der Waals surface area contributed by atoms with Crippen LogP contribution in [0.1, 0.15) is 25.3 Å². The van der Waals surface area contributed by atoms with E-state index in [0.717, 1.165) is 45.1 Å². The summed E-state index contributed by atoms with van der Waals surface area (Å²) in [6.07, 6.45) is 3.15. The first-order valence-corrected chi connectivity index (χ1v) is 15.7. The minimum Gasteiger partial charge on any atom is -0.497 e. The Bertz CT molecular complexity index is 1830. The van der Waals surface area contributed by atoms with Crippen molar-refractivity contribution in [2.24, 2.45) is 0 Å². The third-order valence-corrected chi connectivity index (χ3v) is 9.37. The summed E-state index contributed by atoms with van der Waals surface area (Å²) in [7, 11) is 0.987. The van der Waals surface area contributed by atoms with Gasteiger partial charge in [0.25, 0.3) is 0 Å². The average Bonchev–Trinajstić information content (AvgIpc) is 3.03. The molecule has 0 fully saturated rings. The lowest BCUT2D eigenvalue weighted by molar-refractivity contribution is 0.352. The van der Waals surface area contributed by atoms with E-state index >= 15 is 0 Å². The molecule has 224 valence electrons. The van der Waals surface area contributed by atoms with E-state index in [1.54, 1.807) is 50.0 Å². The first-order chi connectivity index (χ1) is 20.8. The van der Waals surface area contributed by atoms with E-state index in [2.05, 4.69) is 17.2 Å². The van der Waals surface area contributed by atoms with Crippen LogP contribution in [-0.4, -0.2) is 51.6 Å². The predicted molar refractivity (Wildman–Crippen MR) is 172 cm³/mol. The highest BCUT2D eigenvalue weighted by Gasteiger charge is 2.25. The molecule has 0 amide bonds. The van der Waals surface area contributed by atoms with Gasteiger partial charge in [0.1, 0.15) is 5.75 Å². The number of fused-ring (bicyclic) bond motifs is 2. The molecule has 1 N–H and O–H groups in total. The average molecular weight is 600 g/mol. The Morgan fingerprint density at radius 1 is 0.814 bits per heavy atom. The minimum atomic E-state index is -3.81. The van der Waals surface area contributed by atoms with Gasteiger partial charge in [0.05, 0.1) is 37.4 Å². The number of pyridine rings is 1. The number of sulfonamides is 1. The molecule has 0 saturated carbocycles. The van der Waals surface area contributed by atoms with Gasteiger partial charge in [-0.2, -0.15) is 4.31 Å². The second kappa shape index (κ2) is 13.3. The summed E-state index contributed by atoms with van der Waals surface area (Å²) in [6, 6.07) is 26.4. The number of benzene rings is 4. The fraction of sp³-hybridized carbons (Fsp3) is 0.265. The number of anilines is 1. The van der Waals surface area contributed by atoms with Gasteiger partial charge < -0.3 is 19.5 Å². The van der Waals surface area contributed by atoms with Crippen LogP contribution in [0.3, 0.4) is 0 Å². The van der Waals surface area contributed by atoms with Crippen LogP contribution in [-0.2, 0) is 16.6 Å². The van der Waals surface area contributed by atoms with Crippen molar-refractivity contribution in [1.29, 1.82) is 0 Å². The van der Waals surface area contributed by atoms with Crippen LogP contribution in [0, 0.1) is 0 Å². The summed E-state index contributed by atoms with van der Waals surface area (Å²) in [5.74, 6) is 1.90. The van der Waals surface area contributed by atoms with Gasteiger partial charge in [-0.3, -0.25) is 4.98 Å².